The van der Waals surface area contributed by atoms with Crippen LogP contribution < -0.4 is 14.9 Å². The summed E-state index contributed by atoms with van der Waals surface area (Å²) in [4.78, 5) is 11.4. The maximum atomic E-state index is 13.1. The molecule has 0 saturated heterocycles. The summed E-state index contributed by atoms with van der Waals surface area (Å²) in [5, 5.41) is 12.7. The van der Waals surface area contributed by atoms with Crippen molar-refractivity contribution in [1.82, 2.24) is 0 Å². The first-order chi connectivity index (χ1) is 12.4. The molecule has 0 fully saturated rings. The van der Waals surface area contributed by atoms with E-state index < -0.39 is 17.5 Å². The summed E-state index contributed by atoms with van der Waals surface area (Å²) >= 11 is 11.6. The Morgan fingerprint density at radius 3 is 2.46 bits per heavy atom. The van der Waals surface area contributed by atoms with Crippen molar-refractivity contribution < 1.29 is 23.8 Å². The van der Waals surface area contributed by atoms with Crippen LogP contribution in [0.15, 0.2) is 58.4 Å². The molecule has 6 nitrogen and oxygen atoms in total. The molecule has 0 radical (unpaired) electrons. The van der Waals surface area contributed by atoms with Crippen LogP contribution in [0.2, 0.25) is 5.02 Å². The number of carbonyl (C=O) groups is 1. The summed E-state index contributed by atoms with van der Waals surface area (Å²) in [6.07, 6.45) is 1.05. The molecule has 0 atom stereocenters. The molecule has 0 amide bonds. The number of ether oxygens (including phenoxy) is 2. The second-order valence-electron chi connectivity index (χ2n) is 4.76. The number of allylic oxidation sites excluding steroid dienone is 1. The standard InChI is InChI=1S/C17H13Cl2FN2O4/c1-25-11-3-5-12(6-4-11)26-16(17(23)24)14(19)9-21-22-10-2-7-15(20)13(18)8-10/h2-9,22H,1H3,(H,23,24)/b16-14+,21-9+. The number of nitrogens with one attached hydrogen (secondary N) is 1. The van der Waals surface area contributed by atoms with E-state index in [1.165, 1.54) is 31.4 Å². The Hall–Kier alpha value is -2.77. The van der Waals surface area contributed by atoms with Gasteiger partial charge in [-0.3, -0.25) is 5.43 Å². The van der Waals surface area contributed by atoms with Gasteiger partial charge in [-0.05, 0) is 42.5 Å². The molecule has 136 valence electrons. The first-order valence-corrected chi connectivity index (χ1v) is 7.85. The molecule has 0 spiro atoms. The molecular formula is C17H13Cl2FN2O4. The first kappa shape index (κ1) is 19.6. The molecule has 2 rings (SSSR count). The molecule has 0 saturated carbocycles. The van der Waals surface area contributed by atoms with Crippen LogP contribution in [-0.2, 0) is 4.79 Å². The largest absolute Gasteiger partial charge is 0.497 e. The van der Waals surface area contributed by atoms with Crippen LogP contribution in [0.1, 0.15) is 0 Å². The molecule has 9 heteroatoms. The molecule has 0 bridgehead atoms. The van der Waals surface area contributed by atoms with Gasteiger partial charge in [-0.1, -0.05) is 23.2 Å². The fraction of sp³-hybridized carbons (Fsp3) is 0.0588. The predicted octanol–water partition coefficient (Wildman–Crippen LogP) is 4.50. The molecule has 0 unspecified atom stereocenters. The number of hydrazone groups is 1. The summed E-state index contributed by atoms with van der Waals surface area (Å²) in [5.41, 5.74) is 2.94. The monoisotopic (exact) mass is 398 g/mol. The quantitative estimate of drug-likeness (QED) is 0.310. The number of benzene rings is 2. The molecule has 2 aromatic carbocycles. The number of halogens is 3. The van der Waals surface area contributed by atoms with Crippen molar-refractivity contribution in [2.75, 3.05) is 12.5 Å². The van der Waals surface area contributed by atoms with Gasteiger partial charge in [0.25, 0.3) is 0 Å². The van der Waals surface area contributed by atoms with Gasteiger partial charge in [-0.2, -0.15) is 5.10 Å². The van der Waals surface area contributed by atoms with E-state index in [0.717, 1.165) is 12.3 Å². The molecule has 26 heavy (non-hydrogen) atoms. The van der Waals surface area contributed by atoms with Gasteiger partial charge in [-0.15, -0.1) is 0 Å². The van der Waals surface area contributed by atoms with Gasteiger partial charge in [-0.25, -0.2) is 9.18 Å². The van der Waals surface area contributed by atoms with Crippen LogP contribution in [0.25, 0.3) is 0 Å². The zero-order valence-corrected chi connectivity index (χ0v) is 14.9. The average Bonchev–Trinajstić information content (AvgIpc) is 2.62. The fourth-order valence-electron chi connectivity index (χ4n) is 1.74. The Labute approximate surface area is 158 Å². The van der Waals surface area contributed by atoms with Crippen LogP contribution >= 0.6 is 23.2 Å². The Bertz CT molecular complexity index is 854. The number of anilines is 1. The zero-order valence-electron chi connectivity index (χ0n) is 13.4. The zero-order chi connectivity index (χ0) is 19.1. The third-order valence-electron chi connectivity index (χ3n) is 2.98. The minimum Gasteiger partial charge on any atom is -0.497 e. The predicted molar refractivity (Wildman–Crippen MR) is 97.7 cm³/mol. The van der Waals surface area contributed by atoms with Crippen molar-refractivity contribution in [3.8, 4) is 11.5 Å². The molecule has 0 heterocycles. The van der Waals surface area contributed by atoms with E-state index in [2.05, 4.69) is 10.5 Å². The summed E-state index contributed by atoms with van der Waals surface area (Å²) in [6, 6.07) is 10.2. The highest BCUT2D eigenvalue weighted by Crippen LogP contribution is 2.22. The number of hydrogen-bond donors (Lipinski definition) is 2. The van der Waals surface area contributed by atoms with Crippen LogP contribution in [-0.4, -0.2) is 24.4 Å². The number of hydrogen-bond acceptors (Lipinski definition) is 5. The molecular weight excluding hydrogens is 386 g/mol. The lowest BCUT2D eigenvalue weighted by molar-refractivity contribution is -0.135. The summed E-state index contributed by atoms with van der Waals surface area (Å²) in [7, 11) is 1.51. The van der Waals surface area contributed by atoms with E-state index in [4.69, 9.17) is 32.7 Å². The number of rotatable bonds is 7. The molecule has 0 aliphatic rings. The highest BCUT2D eigenvalue weighted by molar-refractivity contribution is 6.41. The van der Waals surface area contributed by atoms with Gasteiger partial charge in [0, 0.05) is 0 Å². The summed E-state index contributed by atoms with van der Waals surface area (Å²) < 4.78 is 23.4. The molecule has 2 aromatic rings. The molecule has 0 aromatic heterocycles. The van der Waals surface area contributed by atoms with Gasteiger partial charge in [0.15, 0.2) is 0 Å². The van der Waals surface area contributed by atoms with E-state index in [-0.39, 0.29) is 15.8 Å². The van der Waals surface area contributed by atoms with E-state index in [0.29, 0.717) is 11.4 Å². The minimum atomic E-state index is -1.37. The van der Waals surface area contributed by atoms with E-state index in [1.807, 2.05) is 0 Å². The number of carboxylic acid groups (broad SMARTS) is 1. The second-order valence-corrected chi connectivity index (χ2v) is 5.57. The number of methoxy groups -OCH3 is 1. The van der Waals surface area contributed by atoms with Crippen LogP contribution in [0.5, 0.6) is 11.5 Å². The van der Waals surface area contributed by atoms with Crippen molar-refractivity contribution in [1.29, 1.82) is 0 Å². The van der Waals surface area contributed by atoms with Crippen molar-refractivity contribution in [3.63, 3.8) is 0 Å². The Morgan fingerprint density at radius 1 is 1.23 bits per heavy atom. The minimum absolute atomic E-state index is 0.0825. The smallest absolute Gasteiger partial charge is 0.373 e. The third-order valence-corrected chi connectivity index (χ3v) is 3.54. The van der Waals surface area contributed by atoms with Gasteiger partial charge >= 0.3 is 5.97 Å². The third kappa shape index (κ3) is 5.37. The van der Waals surface area contributed by atoms with Crippen LogP contribution in [0.3, 0.4) is 0 Å². The lowest BCUT2D eigenvalue weighted by atomic mass is 10.3. The highest BCUT2D eigenvalue weighted by Gasteiger charge is 2.15. The number of nitrogens with zero attached hydrogens (tertiary/aromatic N) is 1. The van der Waals surface area contributed by atoms with Gasteiger partial charge in [0.05, 0.1) is 24.0 Å². The Kier molecular flexibility index (Phi) is 6.82. The van der Waals surface area contributed by atoms with Crippen molar-refractivity contribution in [2.24, 2.45) is 5.10 Å². The van der Waals surface area contributed by atoms with Gasteiger partial charge in [0.2, 0.25) is 5.76 Å². The normalized spacial score (nSPS) is 11.8. The van der Waals surface area contributed by atoms with E-state index in [1.54, 1.807) is 12.1 Å². The lowest BCUT2D eigenvalue weighted by Gasteiger charge is -2.08. The molecule has 0 aliphatic heterocycles. The summed E-state index contributed by atoms with van der Waals surface area (Å²) in [6.45, 7) is 0. The van der Waals surface area contributed by atoms with Crippen LogP contribution in [0.4, 0.5) is 10.1 Å². The maximum Gasteiger partial charge on any atom is 0.373 e. The van der Waals surface area contributed by atoms with Crippen molar-refractivity contribution >= 4 is 41.1 Å². The van der Waals surface area contributed by atoms with Crippen molar-refractivity contribution in [3.05, 3.63) is 64.1 Å². The topological polar surface area (TPSA) is 80.2 Å². The number of aliphatic carboxylic acids is 1. The average molecular weight is 399 g/mol. The maximum absolute atomic E-state index is 13.1. The van der Waals surface area contributed by atoms with Crippen LogP contribution in [0, 0.1) is 5.82 Å². The Balaban J connectivity index is 2.12. The SMILES string of the molecule is COc1ccc(O/C(C(=O)O)=C(Cl)\C=N\Nc2ccc(F)c(Cl)c2)cc1. The fourth-order valence-corrected chi connectivity index (χ4v) is 2.09. The van der Waals surface area contributed by atoms with Gasteiger partial charge in [0.1, 0.15) is 22.3 Å². The molecule has 0 aliphatic carbocycles. The lowest BCUT2D eigenvalue weighted by Crippen LogP contribution is -2.10. The van der Waals surface area contributed by atoms with Gasteiger partial charge < -0.3 is 14.6 Å². The molecule has 2 N–H and O–H groups in total. The first-order valence-electron chi connectivity index (χ1n) is 7.10. The van der Waals surface area contributed by atoms with E-state index >= 15 is 0 Å². The Morgan fingerprint density at radius 2 is 1.88 bits per heavy atom. The van der Waals surface area contributed by atoms with E-state index in [9.17, 15) is 14.3 Å². The second kappa shape index (κ2) is 9.07. The number of carboxylic acids is 1. The highest BCUT2D eigenvalue weighted by atomic mass is 35.5. The summed E-state index contributed by atoms with van der Waals surface area (Å²) in [5.74, 6) is -1.61. The van der Waals surface area contributed by atoms with Crippen molar-refractivity contribution in [2.45, 2.75) is 0 Å².